The van der Waals surface area contributed by atoms with Crippen LogP contribution < -0.4 is 0 Å². The zero-order chi connectivity index (χ0) is 12.8. The van der Waals surface area contributed by atoms with E-state index in [1.54, 1.807) is 0 Å². The van der Waals surface area contributed by atoms with Gasteiger partial charge in [-0.05, 0) is 42.0 Å². The van der Waals surface area contributed by atoms with Crippen LogP contribution in [0, 0.1) is 6.92 Å². The maximum Gasteiger partial charge on any atom is -0.00914 e. The van der Waals surface area contributed by atoms with Crippen LogP contribution >= 0.6 is 0 Å². The summed E-state index contributed by atoms with van der Waals surface area (Å²) in [6.45, 7) is 4.44. The van der Waals surface area contributed by atoms with Crippen molar-refractivity contribution in [2.45, 2.75) is 26.7 Å². The summed E-state index contributed by atoms with van der Waals surface area (Å²) < 4.78 is 0. The number of rotatable bonds is 4. The Labute approximate surface area is 110 Å². The third-order valence-corrected chi connectivity index (χ3v) is 3.39. The van der Waals surface area contributed by atoms with E-state index in [-0.39, 0.29) is 0 Å². The molecule has 0 aliphatic carbocycles. The Balaban J connectivity index is 2.09. The lowest BCUT2D eigenvalue weighted by Gasteiger charge is -2.07. The van der Waals surface area contributed by atoms with E-state index in [1.807, 2.05) is 6.07 Å². The second-order valence-electron chi connectivity index (χ2n) is 4.57. The van der Waals surface area contributed by atoms with Gasteiger partial charge in [-0.2, -0.15) is 0 Å². The molecule has 0 bridgehead atoms. The van der Waals surface area contributed by atoms with E-state index < -0.39 is 0 Å². The molecule has 2 aromatic carbocycles. The van der Waals surface area contributed by atoms with Crippen molar-refractivity contribution in [1.82, 2.24) is 0 Å². The van der Waals surface area contributed by atoms with E-state index in [4.69, 9.17) is 0 Å². The predicted molar refractivity (Wildman–Crippen MR) is 79.7 cm³/mol. The lowest BCUT2D eigenvalue weighted by Crippen LogP contribution is -1.92. The molecular formula is C18H20. The fraction of sp³-hybridized carbons (Fsp3) is 0.222. The molecule has 0 atom stereocenters. The molecule has 0 aliphatic heterocycles. The summed E-state index contributed by atoms with van der Waals surface area (Å²) in [5.74, 6) is 0. The summed E-state index contributed by atoms with van der Waals surface area (Å²) in [6.07, 6.45) is 6.56. The van der Waals surface area contributed by atoms with Crippen molar-refractivity contribution in [1.29, 1.82) is 0 Å². The van der Waals surface area contributed by atoms with E-state index in [1.165, 1.54) is 22.3 Å². The van der Waals surface area contributed by atoms with Crippen molar-refractivity contribution >= 4 is 6.08 Å². The molecule has 0 fully saturated rings. The maximum atomic E-state index is 2.25. The Hall–Kier alpha value is -1.82. The molecule has 92 valence electrons. The van der Waals surface area contributed by atoms with Gasteiger partial charge in [0.05, 0.1) is 0 Å². The molecule has 0 saturated heterocycles. The number of hydrogen-bond donors (Lipinski definition) is 0. The first-order valence-corrected chi connectivity index (χ1v) is 6.60. The second kappa shape index (κ2) is 6.20. The van der Waals surface area contributed by atoms with Crippen molar-refractivity contribution in [3.63, 3.8) is 0 Å². The van der Waals surface area contributed by atoms with Crippen LogP contribution in [-0.2, 0) is 12.8 Å². The van der Waals surface area contributed by atoms with Gasteiger partial charge < -0.3 is 0 Å². The summed E-state index contributed by atoms with van der Waals surface area (Å²) in [7, 11) is 0. The van der Waals surface area contributed by atoms with E-state index >= 15 is 0 Å². The number of hydrogen-bond acceptors (Lipinski definition) is 0. The molecule has 0 amide bonds. The quantitative estimate of drug-likeness (QED) is 0.714. The smallest absolute Gasteiger partial charge is 0.00914 e. The molecule has 2 aromatic rings. The fourth-order valence-corrected chi connectivity index (χ4v) is 2.23. The van der Waals surface area contributed by atoms with Crippen LogP contribution in [0.5, 0.6) is 0 Å². The molecule has 0 N–H and O–H groups in total. The van der Waals surface area contributed by atoms with E-state index in [2.05, 4.69) is 68.5 Å². The molecule has 0 nitrogen and oxygen atoms in total. The van der Waals surface area contributed by atoms with Crippen LogP contribution in [0.3, 0.4) is 0 Å². The van der Waals surface area contributed by atoms with Crippen molar-refractivity contribution in [2.24, 2.45) is 0 Å². The molecule has 0 saturated carbocycles. The van der Waals surface area contributed by atoms with Crippen molar-refractivity contribution < 1.29 is 0 Å². The second-order valence-corrected chi connectivity index (χ2v) is 4.57. The van der Waals surface area contributed by atoms with Gasteiger partial charge in [0.25, 0.3) is 0 Å². The first-order chi connectivity index (χ1) is 8.81. The van der Waals surface area contributed by atoms with Gasteiger partial charge in [-0.15, -0.1) is 0 Å². The topological polar surface area (TPSA) is 0 Å². The Kier molecular flexibility index (Phi) is 4.35. The molecule has 0 heteroatoms. The van der Waals surface area contributed by atoms with Crippen LogP contribution in [-0.4, -0.2) is 0 Å². The summed E-state index contributed by atoms with van der Waals surface area (Å²) in [6, 6.07) is 17.1. The van der Waals surface area contributed by atoms with Crippen molar-refractivity contribution in [3.8, 4) is 0 Å². The molecule has 0 aliphatic rings. The Morgan fingerprint density at radius 1 is 0.889 bits per heavy atom. The van der Waals surface area contributed by atoms with Gasteiger partial charge in [0, 0.05) is 0 Å². The van der Waals surface area contributed by atoms with Gasteiger partial charge >= 0.3 is 0 Å². The highest BCUT2D eigenvalue weighted by atomic mass is 14.1. The van der Waals surface area contributed by atoms with Gasteiger partial charge in [0.2, 0.25) is 0 Å². The van der Waals surface area contributed by atoms with Crippen LogP contribution in [0.4, 0.5) is 0 Å². The van der Waals surface area contributed by atoms with Crippen LogP contribution in [0.15, 0.2) is 54.6 Å². The molecule has 0 aromatic heterocycles. The minimum absolute atomic E-state index is 1.01. The zero-order valence-corrected chi connectivity index (χ0v) is 11.2. The first-order valence-electron chi connectivity index (χ1n) is 6.60. The minimum atomic E-state index is 1.01. The Morgan fingerprint density at radius 2 is 1.61 bits per heavy atom. The van der Waals surface area contributed by atoms with Crippen molar-refractivity contribution in [3.05, 3.63) is 76.9 Å². The molecule has 0 spiro atoms. The third-order valence-electron chi connectivity index (χ3n) is 3.39. The average Bonchev–Trinajstić information content (AvgIpc) is 2.42. The fourth-order valence-electron chi connectivity index (χ4n) is 2.23. The zero-order valence-electron chi connectivity index (χ0n) is 11.2. The third kappa shape index (κ3) is 3.10. The lowest BCUT2D eigenvalue weighted by atomic mass is 9.98. The lowest BCUT2D eigenvalue weighted by molar-refractivity contribution is 1.08. The largest absolute Gasteiger partial charge is 0.0795 e. The molecule has 0 heterocycles. The van der Waals surface area contributed by atoms with E-state index in [9.17, 15) is 0 Å². The Morgan fingerprint density at radius 3 is 2.33 bits per heavy atom. The molecular weight excluding hydrogens is 216 g/mol. The maximum absolute atomic E-state index is 2.25. The summed E-state index contributed by atoms with van der Waals surface area (Å²) in [5, 5.41) is 0. The average molecular weight is 236 g/mol. The predicted octanol–water partition coefficient (Wildman–Crippen LogP) is 4.81. The van der Waals surface area contributed by atoms with Crippen LogP contribution in [0.2, 0.25) is 0 Å². The summed E-state index contributed by atoms with van der Waals surface area (Å²) in [5.41, 5.74) is 5.60. The van der Waals surface area contributed by atoms with Crippen molar-refractivity contribution in [2.75, 3.05) is 0 Å². The normalized spacial score (nSPS) is 11.0. The van der Waals surface area contributed by atoms with E-state index in [0.29, 0.717) is 0 Å². The number of allylic oxidation sites excluding steroid dienone is 1. The highest BCUT2D eigenvalue weighted by Crippen LogP contribution is 2.15. The highest BCUT2D eigenvalue weighted by molar-refractivity contribution is 5.49. The van der Waals surface area contributed by atoms with Gasteiger partial charge in [-0.1, -0.05) is 67.6 Å². The van der Waals surface area contributed by atoms with Crippen LogP contribution in [0.25, 0.3) is 6.08 Å². The van der Waals surface area contributed by atoms with Crippen LogP contribution in [0.1, 0.15) is 29.2 Å². The molecule has 2 rings (SSSR count). The molecule has 0 radical (unpaired) electrons. The molecule has 0 unspecified atom stereocenters. The highest BCUT2D eigenvalue weighted by Gasteiger charge is 2.00. The standard InChI is InChI=1S/C18H20/c1-3-17-12-8-14-18(15(17)2)13-7-11-16-9-5-4-6-10-16/h4-12,14H,3,13H2,1-2H3. The SMILES string of the molecule is CCc1cccc(CC=Cc2ccccc2)c1C. The van der Waals surface area contributed by atoms with Gasteiger partial charge in [-0.25, -0.2) is 0 Å². The number of aryl methyl sites for hydroxylation is 1. The Bertz CT molecular complexity index is 521. The minimum Gasteiger partial charge on any atom is -0.0795 e. The monoisotopic (exact) mass is 236 g/mol. The van der Waals surface area contributed by atoms with Gasteiger partial charge in [0.15, 0.2) is 0 Å². The van der Waals surface area contributed by atoms with Gasteiger partial charge in [0.1, 0.15) is 0 Å². The summed E-state index contributed by atoms with van der Waals surface area (Å²) in [4.78, 5) is 0. The summed E-state index contributed by atoms with van der Waals surface area (Å²) >= 11 is 0. The van der Waals surface area contributed by atoms with Gasteiger partial charge in [-0.3, -0.25) is 0 Å². The number of benzene rings is 2. The van der Waals surface area contributed by atoms with E-state index in [0.717, 1.165) is 12.8 Å². The molecule has 18 heavy (non-hydrogen) atoms. The first kappa shape index (κ1) is 12.6.